The fraction of sp³-hybridized carbons (Fsp3) is 0.324. The topological polar surface area (TPSA) is 46.5 Å². The molecule has 40 heavy (non-hydrogen) atoms. The molecule has 1 unspecified atom stereocenters. The molecule has 1 aliphatic rings. The Kier molecular flexibility index (Phi) is 8.66. The smallest absolute Gasteiger partial charge is 0.224 e. The molecule has 1 saturated heterocycles. The van der Waals surface area contributed by atoms with Gasteiger partial charge >= 0.3 is 0 Å². The molecule has 0 aliphatic carbocycles. The van der Waals surface area contributed by atoms with Crippen LogP contribution in [0.1, 0.15) is 50.4 Å². The minimum absolute atomic E-state index is 0.0228. The summed E-state index contributed by atoms with van der Waals surface area (Å²) < 4.78 is 21.9. The molecule has 1 amide bonds. The minimum Gasteiger partial charge on any atom is -0.378 e. The number of nitrogens with one attached hydrogen (secondary N) is 1. The third-order valence-electron chi connectivity index (χ3n) is 7.57. The van der Waals surface area contributed by atoms with Crippen LogP contribution in [0.5, 0.6) is 0 Å². The Morgan fingerprint density at radius 3 is 2.12 bits per heavy atom. The van der Waals surface area contributed by atoms with Gasteiger partial charge in [-0.15, -0.1) is 0 Å². The number of hydrogen-bond acceptors (Lipinski definition) is 3. The van der Waals surface area contributed by atoms with E-state index in [1.165, 1.54) is 23.4 Å². The van der Waals surface area contributed by atoms with Gasteiger partial charge in [-0.05, 0) is 60.4 Å². The highest BCUT2D eigenvalue weighted by Crippen LogP contribution is 2.45. The molecule has 208 valence electrons. The first-order valence-corrected chi connectivity index (χ1v) is 14.2. The van der Waals surface area contributed by atoms with E-state index >= 15 is 0 Å². The molecule has 5 rings (SSSR count). The number of morpholine rings is 1. The lowest BCUT2D eigenvalue weighted by Crippen LogP contribution is -2.41. The molecule has 1 N–H and O–H groups in total. The molecule has 0 saturated carbocycles. The zero-order valence-corrected chi connectivity index (χ0v) is 23.6. The Morgan fingerprint density at radius 1 is 0.875 bits per heavy atom. The van der Waals surface area contributed by atoms with Crippen molar-refractivity contribution in [2.75, 3.05) is 31.6 Å². The Bertz CT molecular complexity index is 1410. The number of rotatable bonds is 9. The first kappa shape index (κ1) is 27.7. The van der Waals surface area contributed by atoms with E-state index in [0.29, 0.717) is 39.3 Å². The molecule has 5 nitrogen and oxygen atoms in total. The van der Waals surface area contributed by atoms with Crippen molar-refractivity contribution < 1.29 is 13.9 Å². The van der Waals surface area contributed by atoms with Gasteiger partial charge in [-0.1, -0.05) is 62.4 Å². The zero-order chi connectivity index (χ0) is 28.1. The molecular weight excluding hydrogens is 501 g/mol. The van der Waals surface area contributed by atoms with E-state index in [2.05, 4.69) is 67.1 Å². The van der Waals surface area contributed by atoms with Crippen molar-refractivity contribution in [1.82, 2.24) is 9.47 Å². The molecule has 6 heteroatoms. The van der Waals surface area contributed by atoms with Gasteiger partial charge in [0.05, 0.1) is 24.9 Å². The number of carbonyl (C=O) groups is 1. The van der Waals surface area contributed by atoms with Gasteiger partial charge < -0.3 is 19.5 Å². The van der Waals surface area contributed by atoms with E-state index in [-0.39, 0.29) is 23.7 Å². The maximum atomic E-state index is 14.1. The van der Waals surface area contributed by atoms with Crippen molar-refractivity contribution in [2.24, 2.45) is 0 Å². The minimum atomic E-state index is -0.269. The summed E-state index contributed by atoms with van der Waals surface area (Å²) in [5.41, 5.74) is 7.58. The van der Waals surface area contributed by atoms with E-state index in [1.54, 1.807) is 0 Å². The van der Waals surface area contributed by atoms with Gasteiger partial charge in [0.2, 0.25) is 5.91 Å². The van der Waals surface area contributed by atoms with Crippen molar-refractivity contribution >= 4 is 11.6 Å². The number of amides is 1. The normalized spacial score (nSPS) is 14.4. The maximum absolute atomic E-state index is 14.1. The summed E-state index contributed by atoms with van der Waals surface area (Å²) in [6.45, 7) is 9.56. The Hall–Kier alpha value is -3.90. The fourth-order valence-electron chi connectivity index (χ4n) is 5.79. The second-order valence-corrected chi connectivity index (χ2v) is 10.7. The Balaban J connectivity index is 1.69. The Morgan fingerprint density at radius 2 is 1.50 bits per heavy atom. The molecule has 4 aromatic rings. The second kappa shape index (κ2) is 12.5. The van der Waals surface area contributed by atoms with Crippen LogP contribution < -0.4 is 5.32 Å². The third kappa shape index (κ3) is 5.97. The molecule has 1 fully saturated rings. The summed E-state index contributed by atoms with van der Waals surface area (Å²) in [5, 5.41) is 3.72. The molecule has 0 spiro atoms. The SMILES string of the molecule is CC(C)c1c(C(C)Nc2ccccc2)c(-c2ccccc2)c(-c2ccc(F)cc2)n1CCC(=O)N1CCOCC1. The molecule has 0 bridgehead atoms. The van der Waals surface area contributed by atoms with E-state index < -0.39 is 0 Å². The predicted molar refractivity (Wildman–Crippen MR) is 160 cm³/mol. The second-order valence-electron chi connectivity index (χ2n) is 10.7. The number of benzene rings is 3. The first-order chi connectivity index (χ1) is 19.4. The molecular formula is C34H38FN3O2. The highest BCUT2D eigenvalue weighted by Gasteiger charge is 2.30. The van der Waals surface area contributed by atoms with Crippen LogP contribution in [0.2, 0.25) is 0 Å². The maximum Gasteiger partial charge on any atom is 0.224 e. The third-order valence-corrected chi connectivity index (χ3v) is 7.57. The van der Waals surface area contributed by atoms with Gasteiger partial charge in [0.25, 0.3) is 0 Å². The number of para-hydroxylation sites is 1. The summed E-state index contributed by atoms with van der Waals surface area (Å²) in [5.74, 6) is 0.0502. The van der Waals surface area contributed by atoms with Gasteiger partial charge in [0, 0.05) is 48.6 Å². The largest absolute Gasteiger partial charge is 0.378 e. The molecule has 1 aromatic heterocycles. The van der Waals surface area contributed by atoms with Gasteiger partial charge in [-0.2, -0.15) is 0 Å². The fourth-order valence-corrected chi connectivity index (χ4v) is 5.79. The number of halogens is 1. The quantitative estimate of drug-likeness (QED) is 0.239. The van der Waals surface area contributed by atoms with Crippen molar-refractivity contribution in [3.63, 3.8) is 0 Å². The van der Waals surface area contributed by atoms with E-state index in [0.717, 1.165) is 28.1 Å². The highest BCUT2D eigenvalue weighted by atomic mass is 19.1. The number of aromatic nitrogens is 1. The van der Waals surface area contributed by atoms with Gasteiger partial charge in [-0.3, -0.25) is 4.79 Å². The molecule has 0 radical (unpaired) electrons. The summed E-state index contributed by atoms with van der Waals surface area (Å²) in [6, 6.07) is 27.3. The van der Waals surface area contributed by atoms with Crippen LogP contribution >= 0.6 is 0 Å². The summed E-state index contributed by atoms with van der Waals surface area (Å²) in [6.07, 6.45) is 0.386. The van der Waals surface area contributed by atoms with E-state index in [4.69, 9.17) is 4.74 Å². The van der Waals surface area contributed by atoms with Crippen LogP contribution in [0.4, 0.5) is 10.1 Å². The molecule has 1 atom stereocenters. The lowest BCUT2D eigenvalue weighted by Gasteiger charge is -2.27. The number of anilines is 1. The number of ether oxygens (including phenoxy) is 1. The van der Waals surface area contributed by atoms with E-state index in [9.17, 15) is 9.18 Å². The predicted octanol–water partition coefficient (Wildman–Crippen LogP) is 7.51. The van der Waals surface area contributed by atoms with Crippen LogP contribution in [0.3, 0.4) is 0 Å². The standard InChI is InChI=1S/C34H38FN3O2/c1-24(2)33-31(25(3)36-29-12-8-5-9-13-29)32(26-10-6-4-7-11-26)34(27-14-16-28(35)17-15-27)38(33)19-18-30(39)37-20-22-40-23-21-37/h4-17,24-25,36H,18-23H2,1-3H3. The zero-order valence-electron chi connectivity index (χ0n) is 23.6. The van der Waals surface area contributed by atoms with Crippen molar-refractivity contribution in [2.45, 2.75) is 45.7 Å². The van der Waals surface area contributed by atoms with Crippen LogP contribution in [0, 0.1) is 5.82 Å². The number of nitrogens with zero attached hydrogens (tertiary/aromatic N) is 2. The summed E-state index contributed by atoms with van der Waals surface area (Å²) >= 11 is 0. The summed E-state index contributed by atoms with van der Waals surface area (Å²) in [7, 11) is 0. The number of carbonyl (C=O) groups excluding carboxylic acids is 1. The monoisotopic (exact) mass is 539 g/mol. The molecule has 1 aliphatic heterocycles. The molecule has 2 heterocycles. The number of hydrogen-bond donors (Lipinski definition) is 1. The van der Waals surface area contributed by atoms with E-state index in [1.807, 2.05) is 41.3 Å². The van der Waals surface area contributed by atoms with Gasteiger partial charge in [0.15, 0.2) is 0 Å². The Labute approximate surface area is 236 Å². The average Bonchev–Trinajstić information content (AvgIpc) is 3.33. The van der Waals surface area contributed by atoms with Crippen molar-refractivity contribution in [3.05, 3.63) is 102 Å². The molecule has 3 aromatic carbocycles. The van der Waals surface area contributed by atoms with Gasteiger partial charge in [-0.25, -0.2) is 4.39 Å². The van der Waals surface area contributed by atoms with Crippen LogP contribution in [-0.4, -0.2) is 41.7 Å². The van der Waals surface area contributed by atoms with Crippen LogP contribution in [-0.2, 0) is 16.1 Å². The van der Waals surface area contributed by atoms with Crippen molar-refractivity contribution in [1.29, 1.82) is 0 Å². The lowest BCUT2D eigenvalue weighted by molar-refractivity contribution is -0.135. The average molecular weight is 540 g/mol. The van der Waals surface area contributed by atoms with Gasteiger partial charge in [0.1, 0.15) is 5.82 Å². The highest BCUT2D eigenvalue weighted by molar-refractivity contribution is 5.87. The lowest BCUT2D eigenvalue weighted by atomic mass is 9.91. The van der Waals surface area contributed by atoms with Crippen LogP contribution in [0.25, 0.3) is 22.4 Å². The summed E-state index contributed by atoms with van der Waals surface area (Å²) in [4.78, 5) is 15.2. The first-order valence-electron chi connectivity index (χ1n) is 14.2. The van der Waals surface area contributed by atoms with Crippen LogP contribution in [0.15, 0.2) is 84.9 Å². The van der Waals surface area contributed by atoms with Crippen molar-refractivity contribution in [3.8, 4) is 22.4 Å².